The van der Waals surface area contributed by atoms with Crippen molar-refractivity contribution in [3.63, 3.8) is 0 Å². The van der Waals surface area contributed by atoms with E-state index in [0.717, 1.165) is 38.1 Å². The van der Waals surface area contributed by atoms with E-state index in [1.807, 2.05) is 45.2 Å². The van der Waals surface area contributed by atoms with Gasteiger partial charge in [-0.3, -0.25) is 0 Å². The number of hydrogen-bond donors (Lipinski definition) is 1. The van der Waals surface area contributed by atoms with Crippen molar-refractivity contribution in [2.75, 3.05) is 12.4 Å². The van der Waals surface area contributed by atoms with Crippen molar-refractivity contribution >= 4 is 28.1 Å². The Bertz CT molecular complexity index is 748. The fourth-order valence-electron chi connectivity index (χ4n) is 2.11. The first-order valence-electron chi connectivity index (χ1n) is 6.08. The molecule has 0 amide bonds. The van der Waals surface area contributed by atoms with Crippen LogP contribution in [-0.2, 0) is 0 Å². The van der Waals surface area contributed by atoms with Crippen LogP contribution in [0.1, 0.15) is 10.7 Å². The largest absolute Gasteiger partial charge is 0.373 e. The zero-order valence-electron chi connectivity index (χ0n) is 11.1. The van der Waals surface area contributed by atoms with Crippen molar-refractivity contribution in [3.05, 3.63) is 35.0 Å². The Balaban J connectivity index is 2.28. The topological polar surface area (TPSA) is 50.7 Å². The Hall–Kier alpha value is -2.01. The van der Waals surface area contributed by atoms with Gasteiger partial charge in [0.2, 0.25) is 0 Å². The first kappa shape index (κ1) is 12.0. The molecule has 1 aromatic carbocycles. The molecule has 0 bridgehead atoms. The van der Waals surface area contributed by atoms with Gasteiger partial charge in [-0.05, 0) is 26.0 Å². The molecule has 2 heterocycles. The van der Waals surface area contributed by atoms with Crippen LogP contribution in [0.15, 0.2) is 24.3 Å². The van der Waals surface area contributed by atoms with E-state index in [4.69, 9.17) is 0 Å². The number of rotatable bonds is 2. The third-order valence-electron chi connectivity index (χ3n) is 2.95. The van der Waals surface area contributed by atoms with Crippen LogP contribution in [0.2, 0.25) is 0 Å². The summed E-state index contributed by atoms with van der Waals surface area (Å²) in [6.07, 6.45) is 0. The van der Waals surface area contributed by atoms with E-state index in [-0.39, 0.29) is 0 Å². The van der Waals surface area contributed by atoms with Crippen molar-refractivity contribution in [1.29, 1.82) is 0 Å². The van der Waals surface area contributed by atoms with Gasteiger partial charge in [0.1, 0.15) is 5.82 Å². The maximum absolute atomic E-state index is 4.65. The number of hydrogen-bond acceptors (Lipinski definition) is 5. The molecule has 4 nitrogen and oxygen atoms in total. The van der Waals surface area contributed by atoms with Crippen LogP contribution in [0.3, 0.4) is 0 Å². The van der Waals surface area contributed by atoms with E-state index >= 15 is 0 Å². The number of aromatic nitrogens is 3. The molecule has 5 heteroatoms. The molecule has 0 aliphatic heterocycles. The third-order valence-corrected chi connectivity index (χ3v) is 4.02. The van der Waals surface area contributed by atoms with Crippen molar-refractivity contribution in [2.45, 2.75) is 13.8 Å². The molecule has 0 fully saturated rings. The van der Waals surface area contributed by atoms with Gasteiger partial charge in [0.25, 0.3) is 0 Å². The zero-order valence-corrected chi connectivity index (χ0v) is 11.9. The summed E-state index contributed by atoms with van der Waals surface area (Å²) in [4.78, 5) is 14.7. The van der Waals surface area contributed by atoms with Gasteiger partial charge in [-0.1, -0.05) is 12.1 Å². The van der Waals surface area contributed by atoms with E-state index in [9.17, 15) is 0 Å². The second kappa shape index (κ2) is 4.59. The van der Waals surface area contributed by atoms with Crippen molar-refractivity contribution in [1.82, 2.24) is 15.0 Å². The van der Waals surface area contributed by atoms with Gasteiger partial charge < -0.3 is 5.32 Å². The summed E-state index contributed by atoms with van der Waals surface area (Å²) in [5, 5.41) is 5.21. The third kappa shape index (κ3) is 2.06. The van der Waals surface area contributed by atoms with Crippen molar-refractivity contribution in [2.24, 2.45) is 0 Å². The molecule has 0 saturated carbocycles. The van der Waals surface area contributed by atoms with Crippen LogP contribution >= 0.6 is 11.3 Å². The van der Waals surface area contributed by atoms with E-state index < -0.39 is 0 Å². The number of anilines is 1. The first-order valence-corrected chi connectivity index (χ1v) is 6.89. The van der Waals surface area contributed by atoms with Crippen LogP contribution < -0.4 is 5.32 Å². The van der Waals surface area contributed by atoms with E-state index in [1.165, 1.54) is 0 Å². The van der Waals surface area contributed by atoms with Gasteiger partial charge in [-0.25, -0.2) is 15.0 Å². The molecule has 0 aliphatic carbocycles. The van der Waals surface area contributed by atoms with Gasteiger partial charge in [-0.2, -0.15) is 0 Å². The van der Waals surface area contributed by atoms with Crippen molar-refractivity contribution in [3.8, 4) is 10.7 Å². The van der Waals surface area contributed by atoms with Crippen molar-refractivity contribution < 1.29 is 0 Å². The summed E-state index contributed by atoms with van der Waals surface area (Å²) in [5.41, 5.74) is 1.93. The van der Waals surface area contributed by atoms with Crippen LogP contribution in [0.25, 0.3) is 21.6 Å². The Morgan fingerprint density at radius 3 is 2.53 bits per heavy atom. The van der Waals surface area contributed by atoms with Gasteiger partial charge in [0, 0.05) is 12.4 Å². The molecular weight excluding hydrogens is 256 g/mol. The molecule has 0 spiro atoms. The zero-order chi connectivity index (χ0) is 13.4. The predicted octanol–water partition coefficient (Wildman–Crippen LogP) is 3.41. The highest BCUT2D eigenvalue weighted by Gasteiger charge is 2.13. The summed E-state index contributed by atoms with van der Waals surface area (Å²) >= 11 is 1.63. The predicted molar refractivity (Wildman–Crippen MR) is 79.7 cm³/mol. The Labute approximate surface area is 115 Å². The molecular formula is C14H14N4S. The van der Waals surface area contributed by atoms with Gasteiger partial charge in [0.05, 0.1) is 21.1 Å². The van der Waals surface area contributed by atoms with E-state index in [0.29, 0.717) is 0 Å². The molecule has 0 saturated heterocycles. The van der Waals surface area contributed by atoms with Crippen LogP contribution in [0, 0.1) is 13.8 Å². The number of para-hydroxylation sites is 1. The molecule has 1 N–H and O–H groups in total. The van der Waals surface area contributed by atoms with Crippen LogP contribution in [-0.4, -0.2) is 22.0 Å². The summed E-state index contributed by atoms with van der Waals surface area (Å²) in [5.74, 6) is 1.59. The smallest absolute Gasteiger partial charge is 0.174 e. The standard InChI is InChI=1S/C14H14N4S/c1-8-12(19-9(2)16-8)14-17-11-7-5-4-6-10(11)13(15-3)18-14/h4-7H,1-3H3,(H,15,17,18). The quantitative estimate of drug-likeness (QED) is 0.775. The summed E-state index contributed by atoms with van der Waals surface area (Å²) in [6.45, 7) is 4.00. The van der Waals surface area contributed by atoms with Crippen LogP contribution in [0.5, 0.6) is 0 Å². The summed E-state index contributed by atoms with van der Waals surface area (Å²) < 4.78 is 0. The fraction of sp³-hybridized carbons (Fsp3) is 0.214. The average Bonchev–Trinajstić information content (AvgIpc) is 2.76. The van der Waals surface area contributed by atoms with Crippen LogP contribution in [0.4, 0.5) is 5.82 Å². The maximum Gasteiger partial charge on any atom is 0.174 e. The Morgan fingerprint density at radius 2 is 1.84 bits per heavy atom. The SMILES string of the molecule is CNc1nc(-c2sc(C)nc2C)nc2ccccc12. The molecule has 96 valence electrons. The minimum Gasteiger partial charge on any atom is -0.373 e. The number of nitrogens with zero attached hydrogens (tertiary/aromatic N) is 3. The number of thiazole rings is 1. The molecule has 3 aromatic rings. The minimum absolute atomic E-state index is 0.742. The van der Waals surface area contributed by atoms with Gasteiger partial charge in [-0.15, -0.1) is 11.3 Å². The highest BCUT2D eigenvalue weighted by atomic mass is 32.1. The number of benzene rings is 1. The molecule has 2 aromatic heterocycles. The molecule has 0 radical (unpaired) electrons. The maximum atomic E-state index is 4.65. The Morgan fingerprint density at radius 1 is 1.05 bits per heavy atom. The molecule has 3 rings (SSSR count). The molecule has 0 atom stereocenters. The lowest BCUT2D eigenvalue weighted by Crippen LogP contribution is -1.98. The van der Waals surface area contributed by atoms with E-state index in [2.05, 4.69) is 20.3 Å². The minimum atomic E-state index is 0.742. The fourth-order valence-corrected chi connectivity index (χ4v) is 2.96. The average molecular weight is 270 g/mol. The lowest BCUT2D eigenvalue weighted by Gasteiger charge is -2.07. The molecule has 0 aliphatic rings. The molecule has 19 heavy (non-hydrogen) atoms. The van der Waals surface area contributed by atoms with Gasteiger partial charge in [0.15, 0.2) is 5.82 Å². The lowest BCUT2D eigenvalue weighted by atomic mass is 10.2. The highest BCUT2D eigenvalue weighted by Crippen LogP contribution is 2.30. The summed E-state index contributed by atoms with van der Waals surface area (Å²) in [7, 11) is 1.88. The second-order valence-corrected chi connectivity index (χ2v) is 5.51. The Kier molecular flexibility index (Phi) is 2.91. The summed E-state index contributed by atoms with van der Waals surface area (Å²) in [6, 6.07) is 8.01. The first-order chi connectivity index (χ1) is 9.19. The normalized spacial score (nSPS) is 10.9. The van der Waals surface area contributed by atoms with Gasteiger partial charge >= 0.3 is 0 Å². The number of aryl methyl sites for hydroxylation is 2. The number of nitrogens with one attached hydrogen (secondary N) is 1. The van der Waals surface area contributed by atoms with E-state index in [1.54, 1.807) is 11.3 Å². The highest BCUT2D eigenvalue weighted by molar-refractivity contribution is 7.15. The lowest BCUT2D eigenvalue weighted by molar-refractivity contribution is 1.17. The monoisotopic (exact) mass is 270 g/mol. The molecule has 0 unspecified atom stereocenters. The number of fused-ring (bicyclic) bond motifs is 1. The second-order valence-electron chi connectivity index (χ2n) is 4.31.